The zero-order chi connectivity index (χ0) is 5.98. The van der Waals surface area contributed by atoms with Crippen LogP contribution >= 0.6 is 0 Å². The van der Waals surface area contributed by atoms with Crippen molar-refractivity contribution >= 4 is 0 Å². The van der Waals surface area contributed by atoms with Crippen molar-refractivity contribution in [2.45, 2.75) is 13.5 Å². The monoisotopic (exact) mass is 109 g/mol. The molecular weight excluding hydrogens is 100 g/mol. The van der Waals surface area contributed by atoms with Crippen molar-refractivity contribution in [3.05, 3.63) is 24.9 Å². The Hall–Kier alpha value is -0.790. The van der Waals surface area contributed by atoms with Crippen LogP contribution in [-0.2, 0) is 6.54 Å². The predicted molar refractivity (Wildman–Crippen MR) is 32.3 cm³/mol. The van der Waals surface area contributed by atoms with Gasteiger partial charge in [0.15, 0.2) is 0 Å². The molecule has 0 N–H and O–H groups in total. The molecule has 1 rings (SSSR count). The van der Waals surface area contributed by atoms with Crippen molar-refractivity contribution in [3.8, 4) is 0 Å². The SMILES string of the molecule is [CH2]Cn1ccc(C)n1. The van der Waals surface area contributed by atoms with Gasteiger partial charge < -0.3 is 0 Å². The standard InChI is InChI=1S/C6H9N2/c1-3-8-5-4-6(2)7-8/h4-5H,1,3H2,2H3. The molecule has 2 nitrogen and oxygen atoms in total. The van der Waals surface area contributed by atoms with E-state index >= 15 is 0 Å². The Balaban J connectivity index is 2.84. The number of aromatic nitrogens is 2. The molecule has 0 unspecified atom stereocenters. The molecule has 1 aromatic rings. The fraction of sp³-hybridized carbons (Fsp3) is 0.333. The highest BCUT2D eigenvalue weighted by Gasteiger charge is 1.86. The van der Waals surface area contributed by atoms with Crippen LogP contribution in [0.4, 0.5) is 0 Å². The Morgan fingerprint density at radius 1 is 1.88 bits per heavy atom. The van der Waals surface area contributed by atoms with Gasteiger partial charge in [-0.25, -0.2) is 0 Å². The minimum absolute atomic E-state index is 0.716. The van der Waals surface area contributed by atoms with E-state index in [1.54, 1.807) is 4.68 Å². The molecule has 0 aliphatic carbocycles. The van der Waals surface area contributed by atoms with E-state index < -0.39 is 0 Å². The first-order chi connectivity index (χ1) is 3.83. The molecule has 1 heterocycles. The van der Waals surface area contributed by atoms with Crippen LogP contribution in [0.2, 0.25) is 0 Å². The van der Waals surface area contributed by atoms with Crippen LogP contribution in [0.3, 0.4) is 0 Å². The van der Waals surface area contributed by atoms with E-state index in [-0.39, 0.29) is 0 Å². The predicted octanol–water partition coefficient (Wildman–Crippen LogP) is 1.03. The number of hydrogen-bond acceptors (Lipinski definition) is 1. The van der Waals surface area contributed by atoms with E-state index in [2.05, 4.69) is 12.0 Å². The Labute approximate surface area is 49.1 Å². The second-order valence-electron chi connectivity index (χ2n) is 1.72. The minimum Gasteiger partial charge on any atom is -0.273 e. The lowest BCUT2D eigenvalue weighted by Gasteiger charge is -1.88. The van der Waals surface area contributed by atoms with Gasteiger partial charge in [0.2, 0.25) is 0 Å². The molecule has 2 heteroatoms. The highest BCUT2D eigenvalue weighted by molar-refractivity contribution is 4.94. The van der Waals surface area contributed by atoms with Crippen LogP contribution in [0, 0.1) is 13.8 Å². The van der Waals surface area contributed by atoms with Gasteiger partial charge in [-0.2, -0.15) is 5.10 Å². The van der Waals surface area contributed by atoms with Gasteiger partial charge in [-0.05, 0) is 19.9 Å². The van der Waals surface area contributed by atoms with Crippen LogP contribution in [0.5, 0.6) is 0 Å². The van der Waals surface area contributed by atoms with Gasteiger partial charge in [-0.3, -0.25) is 4.68 Å². The summed E-state index contributed by atoms with van der Waals surface area (Å²) in [6.07, 6.45) is 1.92. The van der Waals surface area contributed by atoms with Gasteiger partial charge in [-0.15, -0.1) is 0 Å². The van der Waals surface area contributed by atoms with E-state index in [1.807, 2.05) is 19.2 Å². The van der Waals surface area contributed by atoms with E-state index in [4.69, 9.17) is 0 Å². The van der Waals surface area contributed by atoms with Gasteiger partial charge >= 0.3 is 0 Å². The van der Waals surface area contributed by atoms with E-state index in [0.29, 0.717) is 6.54 Å². The van der Waals surface area contributed by atoms with Crippen LogP contribution in [0.15, 0.2) is 12.3 Å². The van der Waals surface area contributed by atoms with Gasteiger partial charge in [0.1, 0.15) is 0 Å². The van der Waals surface area contributed by atoms with Gasteiger partial charge in [0, 0.05) is 12.7 Å². The molecule has 0 amide bonds. The maximum atomic E-state index is 4.08. The summed E-state index contributed by atoms with van der Waals surface area (Å²) in [5.41, 5.74) is 1.05. The topological polar surface area (TPSA) is 17.8 Å². The van der Waals surface area contributed by atoms with Crippen molar-refractivity contribution in [2.75, 3.05) is 0 Å². The summed E-state index contributed by atoms with van der Waals surface area (Å²) in [5.74, 6) is 0. The molecule has 0 aliphatic heterocycles. The summed E-state index contributed by atoms with van der Waals surface area (Å²) in [6.45, 7) is 6.35. The Morgan fingerprint density at radius 2 is 2.62 bits per heavy atom. The molecule has 43 valence electrons. The zero-order valence-corrected chi connectivity index (χ0v) is 4.96. The third kappa shape index (κ3) is 0.886. The van der Waals surface area contributed by atoms with Gasteiger partial charge in [0.25, 0.3) is 0 Å². The zero-order valence-electron chi connectivity index (χ0n) is 4.96. The summed E-state index contributed by atoms with van der Waals surface area (Å²) in [7, 11) is 0. The van der Waals surface area contributed by atoms with Crippen molar-refractivity contribution < 1.29 is 0 Å². The highest BCUT2D eigenvalue weighted by atomic mass is 15.3. The Kier molecular flexibility index (Phi) is 1.33. The fourth-order valence-corrected chi connectivity index (χ4v) is 0.588. The van der Waals surface area contributed by atoms with Crippen molar-refractivity contribution in [2.24, 2.45) is 0 Å². The van der Waals surface area contributed by atoms with E-state index in [0.717, 1.165) is 5.69 Å². The summed E-state index contributed by atoms with van der Waals surface area (Å²) >= 11 is 0. The molecule has 0 bridgehead atoms. The average molecular weight is 109 g/mol. The largest absolute Gasteiger partial charge is 0.273 e. The molecule has 1 radical (unpaired) electrons. The summed E-state index contributed by atoms with van der Waals surface area (Å²) < 4.78 is 1.80. The molecular formula is C6H9N2. The molecule has 0 saturated carbocycles. The van der Waals surface area contributed by atoms with Crippen LogP contribution in [-0.4, -0.2) is 9.78 Å². The lowest BCUT2D eigenvalue weighted by molar-refractivity contribution is 0.691. The normalized spacial score (nSPS) is 9.75. The number of rotatable bonds is 1. The van der Waals surface area contributed by atoms with Crippen LogP contribution in [0.25, 0.3) is 0 Å². The van der Waals surface area contributed by atoms with Crippen molar-refractivity contribution in [1.29, 1.82) is 0 Å². The molecule has 0 aromatic carbocycles. The van der Waals surface area contributed by atoms with Gasteiger partial charge in [-0.1, -0.05) is 0 Å². The smallest absolute Gasteiger partial charge is 0.0593 e. The molecule has 0 atom stereocenters. The van der Waals surface area contributed by atoms with Gasteiger partial charge in [0.05, 0.1) is 5.69 Å². The number of hydrogen-bond donors (Lipinski definition) is 0. The lowest BCUT2D eigenvalue weighted by Crippen LogP contribution is -1.93. The maximum Gasteiger partial charge on any atom is 0.0593 e. The Bertz CT molecular complexity index is 167. The second kappa shape index (κ2) is 1.99. The van der Waals surface area contributed by atoms with E-state index in [1.165, 1.54) is 0 Å². The van der Waals surface area contributed by atoms with Crippen molar-refractivity contribution in [3.63, 3.8) is 0 Å². The maximum absolute atomic E-state index is 4.08. The third-order valence-corrected chi connectivity index (χ3v) is 1.00. The summed E-state index contributed by atoms with van der Waals surface area (Å²) in [5, 5.41) is 4.08. The summed E-state index contributed by atoms with van der Waals surface area (Å²) in [6, 6.07) is 1.96. The quantitative estimate of drug-likeness (QED) is 0.526. The summed E-state index contributed by atoms with van der Waals surface area (Å²) in [4.78, 5) is 0. The van der Waals surface area contributed by atoms with Crippen LogP contribution < -0.4 is 0 Å². The minimum atomic E-state index is 0.716. The van der Waals surface area contributed by atoms with Crippen LogP contribution in [0.1, 0.15) is 5.69 Å². The number of nitrogens with zero attached hydrogens (tertiary/aromatic N) is 2. The average Bonchev–Trinajstić information content (AvgIpc) is 2.14. The highest BCUT2D eigenvalue weighted by Crippen LogP contribution is 1.90. The second-order valence-corrected chi connectivity index (χ2v) is 1.72. The molecule has 1 aromatic heterocycles. The first-order valence-corrected chi connectivity index (χ1v) is 2.62. The first kappa shape index (κ1) is 5.35. The molecule has 0 saturated heterocycles. The molecule has 0 spiro atoms. The van der Waals surface area contributed by atoms with E-state index in [9.17, 15) is 0 Å². The molecule has 0 aliphatic rings. The fourth-order valence-electron chi connectivity index (χ4n) is 0.588. The first-order valence-electron chi connectivity index (χ1n) is 2.62. The lowest BCUT2D eigenvalue weighted by atomic mass is 10.5. The Morgan fingerprint density at radius 3 is 2.88 bits per heavy atom. The number of aryl methyl sites for hydroxylation is 1. The van der Waals surface area contributed by atoms with Crippen molar-refractivity contribution in [1.82, 2.24) is 9.78 Å². The molecule has 8 heavy (non-hydrogen) atoms. The molecule has 0 fully saturated rings. The third-order valence-electron chi connectivity index (χ3n) is 1.00.